The van der Waals surface area contributed by atoms with Crippen LogP contribution < -0.4 is 5.32 Å². The molecule has 1 heterocycles. The van der Waals surface area contributed by atoms with Gasteiger partial charge in [-0.3, -0.25) is 0 Å². The summed E-state index contributed by atoms with van der Waals surface area (Å²) in [6.45, 7) is 0. The van der Waals surface area contributed by atoms with Gasteiger partial charge in [0.2, 0.25) is 5.28 Å². The molecular weight excluding hydrogens is 265 g/mol. The van der Waals surface area contributed by atoms with Gasteiger partial charge in [0.1, 0.15) is 5.82 Å². The van der Waals surface area contributed by atoms with E-state index < -0.39 is 0 Å². The molecule has 2 rings (SSSR count). The number of nitrogens with zero attached hydrogens (tertiary/aromatic N) is 2. The quantitative estimate of drug-likeness (QED) is 0.844. The van der Waals surface area contributed by atoms with Gasteiger partial charge in [0, 0.05) is 15.0 Å². The molecule has 14 heavy (non-hydrogen) atoms. The van der Waals surface area contributed by atoms with E-state index in [0.29, 0.717) is 18.7 Å². The molecule has 0 radical (unpaired) electrons. The zero-order chi connectivity index (χ0) is 11.7. The predicted octanol–water partition coefficient (Wildman–Crippen LogP) is 3.25. The van der Waals surface area contributed by atoms with Gasteiger partial charge in [-0.25, -0.2) is 4.98 Å². The molecule has 76 valence electrons. The first-order valence-electron chi connectivity index (χ1n) is 5.51. The molecule has 1 N–H and O–H groups in total. The van der Waals surface area contributed by atoms with Crippen LogP contribution in [0.15, 0.2) is 10.7 Å². The molecule has 3 nitrogen and oxygen atoms in total. The SMILES string of the molecule is [2H]C1CC(Nc2nc(Cl)ncc2Br)CC1[2H]. The number of hydrogen-bond acceptors (Lipinski definition) is 3. The Morgan fingerprint density at radius 1 is 1.57 bits per heavy atom. The molecule has 1 aliphatic carbocycles. The largest absolute Gasteiger partial charge is 0.366 e. The van der Waals surface area contributed by atoms with Crippen molar-refractivity contribution in [1.29, 1.82) is 0 Å². The molecule has 0 aliphatic heterocycles. The first-order valence-corrected chi connectivity index (χ1v) is 5.52. The monoisotopic (exact) mass is 277 g/mol. The minimum atomic E-state index is -0.311. The minimum absolute atomic E-state index is 0.118. The molecule has 1 aromatic rings. The van der Waals surface area contributed by atoms with Crippen molar-refractivity contribution in [2.45, 2.75) is 31.7 Å². The summed E-state index contributed by atoms with van der Waals surface area (Å²) in [6, 6.07) is 0.118. The Morgan fingerprint density at radius 2 is 2.29 bits per heavy atom. The number of anilines is 1. The average Bonchev–Trinajstić information content (AvgIpc) is 2.52. The van der Waals surface area contributed by atoms with Gasteiger partial charge in [-0.05, 0) is 40.4 Å². The fourth-order valence-corrected chi connectivity index (χ4v) is 1.81. The van der Waals surface area contributed by atoms with Crippen LogP contribution in [-0.2, 0) is 0 Å². The third-order valence-corrected chi connectivity index (χ3v) is 2.83. The van der Waals surface area contributed by atoms with Crippen LogP contribution in [0, 0.1) is 0 Å². The lowest BCUT2D eigenvalue weighted by Gasteiger charge is -2.13. The Bertz CT molecular complexity index is 383. The van der Waals surface area contributed by atoms with Gasteiger partial charge in [-0.15, -0.1) is 0 Å². The summed E-state index contributed by atoms with van der Waals surface area (Å²) in [5.74, 6) is 0.631. The predicted molar refractivity (Wildman–Crippen MR) is 60.6 cm³/mol. The second-order valence-electron chi connectivity index (χ2n) is 3.12. The summed E-state index contributed by atoms with van der Waals surface area (Å²) in [4.78, 5) is 7.90. The zero-order valence-corrected chi connectivity index (χ0v) is 9.72. The van der Waals surface area contributed by atoms with Gasteiger partial charge in [0.15, 0.2) is 0 Å². The van der Waals surface area contributed by atoms with Crippen molar-refractivity contribution in [2.75, 3.05) is 5.32 Å². The highest BCUT2D eigenvalue weighted by atomic mass is 79.9. The van der Waals surface area contributed by atoms with E-state index in [1.807, 2.05) is 0 Å². The minimum Gasteiger partial charge on any atom is -0.366 e. The van der Waals surface area contributed by atoms with E-state index in [9.17, 15) is 0 Å². The van der Waals surface area contributed by atoms with E-state index in [1.165, 1.54) is 0 Å². The molecule has 1 saturated carbocycles. The molecule has 0 saturated heterocycles. The lowest BCUT2D eigenvalue weighted by atomic mass is 10.2. The van der Waals surface area contributed by atoms with E-state index in [2.05, 4.69) is 31.2 Å². The average molecular weight is 279 g/mol. The van der Waals surface area contributed by atoms with Crippen molar-refractivity contribution >= 4 is 33.3 Å². The van der Waals surface area contributed by atoms with Crippen LogP contribution >= 0.6 is 27.5 Å². The van der Waals surface area contributed by atoms with Crippen LogP contribution in [0.25, 0.3) is 0 Å². The number of aromatic nitrogens is 2. The van der Waals surface area contributed by atoms with E-state index in [0.717, 1.165) is 4.47 Å². The van der Waals surface area contributed by atoms with Crippen molar-refractivity contribution in [3.63, 3.8) is 0 Å². The van der Waals surface area contributed by atoms with Crippen molar-refractivity contribution < 1.29 is 2.74 Å². The smallest absolute Gasteiger partial charge is 0.224 e. The molecule has 1 aliphatic rings. The Kier molecular flexibility index (Phi) is 2.50. The second-order valence-corrected chi connectivity index (χ2v) is 4.31. The van der Waals surface area contributed by atoms with Gasteiger partial charge < -0.3 is 5.32 Å². The van der Waals surface area contributed by atoms with Crippen molar-refractivity contribution in [3.05, 3.63) is 16.0 Å². The number of hydrogen-bond donors (Lipinski definition) is 1. The molecule has 0 bridgehead atoms. The van der Waals surface area contributed by atoms with Gasteiger partial charge >= 0.3 is 0 Å². The van der Waals surface area contributed by atoms with E-state index >= 15 is 0 Å². The maximum absolute atomic E-state index is 7.63. The lowest BCUT2D eigenvalue weighted by Crippen LogP contribution is -2.16. The molecule has 2 atom stereocenters. The summed E-state index contributed by atoms with van der Waals surface area (Å²) >= 11 is 9.03. The van der Waals surface area contributed by atoms with Crippen LogP contribution in [0.4, 0.5) is 5.82 Å². The molecule has 1 aromatic heterocycles. The lowest BCUT2D eigenvalue weighted by molar-refractivity contribution is 0.749. The van der Waals surface area contributed by atoms with Crippen LogP contribution in [0.3, 0.4) is 0 Å². The van der Waals surface area contributed by atoms with Gasteiger partial charge in [-0.1, -0.05) is 12.8 Å². The van der Waals surface area contributed by atoms with E-state index in [1.54, 1.807) is 6.20 Å². The second kappa shape index (κ2) is 4.45. The Balaban J connectivity index is 2.07. The van der Waals surface area contributed by atoms with Crippen LogP contribution in [0.2, 0.25) is 5.28 Å². The van der Waals surface area contributed by atoms with Crippen molar-refractivity contribution in [2.24, 2.45) is 0 Å². The first-order chi connectivity index (χ1) is 7.56. The highest BCUT2D eigenvalue weighted by molar-refractivity contribution is 9.10. The van der Waals surface area contributed by atoms with Gasteiger partial charge in [-0.2, -0.15) is 4.98 Å². The number of nitrogens with one attached hydrogen (secondary N) is 1. The molecule has 2 unspecified atom stereocenters. The van der Waals surface area contributed by atoms with Crippen molar-refractivity contribution in [1.82, 2.24) is 9.97 Å². The van der Waals surface area contributed by atoms with Gasteiger partial charge in [0.25, 0.3) is 0 Å². The Hall–Kier alpha value is -0.350. The fraction of sp³-hybridized carbons (Fsp3) is 0.556. The van der Waals surface area contributed by atoms with Crippen LogP contribution in [-0.4, -0.2) is 16.0 Å². The molecular formula is C9H11BrClN3. The maximum atomic E-state index is 7.63. The van der Waals surface area contributed by atoms with E-state index in [-0.39, 0.29) is 24.1 Å². The number of halogens is 2. The standard InChI is InChI=1S/C9H11BrClN3/c10-7-5-12-9(11)14-8(7)13-6-3-1-2-4-6/h5-6H,1-4H2,(H,12,13,14)/i1D,2D. The highest BCUT2D eigenvalue weighted by Gasteiger charge is 2.16. The normalized spacial score (nSPS) is 33.7. The summed E-state index contributed by atoms with van der Waals surface area (Å²) in [6.07, 6.45) is 2.30. The van der Waals surface area contributed by atoms with Crippen LogP contribution in [0.5, 0.6) is 0 Å². The third-order valence-electron chi connectivity index (χ3n) is 2.06. The molecule has 1 fully saturated rings. The topological polar surface area (TPSA) is 37.8 Å². The summed E-state index contributed by atoms with van der Waals surface area (Å²) in [5, 5.41) is 3.38. The zero-order valence-electron chi connectivity index (χ0n) is 9.37. The molecule has 0 aromatic carbocycles. The highest BCUT2D eigenvalue weighted by Crippen LogP contribution is 2.26. The molecule has 0 spiro atoms. The van der Waals surface area contributed by atoms with Gasteiger partial charge in [0.05, 0.1) is 4.47 Å². The Morgan fingerprint density at radius 3 is 3.00 bits per heavy atom. The fourth-order valence-electron chi connectivity index (χ4n) is 1.38. The number of rotatable bonds is 2. The third kappa shape index (κ3) is 2.36. The molecule has 5 heteroatoms. The maximum Gasteiger partial charge on any atom is 0.224 e. The first kappa shape index (κ1) is 7.88. The summed E-state index contributed by atoms with van der Waals surface area (Å²) in [5.41, 5.74) is 0. The summed E-state index contributed by atoms with van der Waals surface area (Å²) < 4.78 is 16.0. The van der Waals surface area contributed by atoms with E-state index in [4.69, 9.17) is 14.3 Å². The molecule has 0 amide bonds. The van der Waals surface area contributed by atoms with Crippen LogP contribution in [0.1, 0.15) is 28.4 Å². The Labute approximate surface area is 99.2 Å². The summed E-state index contributed by atoms with van der Waals surface area (Å²) in [7, 11) is 0. The van der Waals surface area contributed by atoms with Crippen molar-refractivity contribution in [3.8, 4) is 0 Å².